The molecule has 0 amide bonds. The molecular weight excluding hydrogens is 516 g/mol. The third-order valence-corrected chi connectivity index (χ3v) is 6.65. The van der Waals surface area contributed by atoms with E-state index in [2.05, 4.69) is 17.2 Å². The fourth-order valence-electron chi connectivity index (χ4n) is 4.75. The average molecular weight is 547 g/mol. The molecule has 1 unspecified atom stereocenters. The number of carbonyl (C=O) groups is 2. The molecule has 2 aliphatic rings. The van der Waals surface area contributed by atoms with Gasteiger partial charge in [-0.15, -0.1) is 0 Å². The number of benzene rings is 2. The van der Waals surface area contributed by atoms with Crippen molar-refractivity contribution >= 4 is 17.6 Å². The van der Waals surface area contributed by atoms with Gasteiger partial charge in [0.15, 0.2) is 6.61 Å². The first-order valence-corrected chi connectivity index (χ1v) is 12.8. The van der Waals surface area contributed by atoms with Crippen LogP contribution in [0.3, 0.4) is 0 Å². The summed E-state index contributed by atoms with van der Waals surface area (Å²) in [6.07, 6.45) is 1.65. The second-order valence-electron chi connectivity index (χ2n) is 9.28. The van der Waals surface area contributed by atoms with Gasteiger partial charge in [0.25, 0.3) is 5.69 Å². The smallest absolute Gasteiger partial charge is 0.337 e. The van der Waals surface area contributed by atoms with Crippen molar-refractivity contribution in [2.45, 2.75) is 38.7 Å². The maximum absolute atomic E-state index is 13.4. The highest BCUT2D eigenvalue weighted by Gasteiger charge is 2.38. The van der Waals surface area contributed by atoms with Crippen molar-refractivity contribution in [1.29, 1.82) is 0 Å². The van der Waals surface area contributed by atoms with Crippen molar-refractivity contribution in [3.05, 3.63) is 92.3 Å². The largest absolute Gasteiger partial charge is 0.489 e. The summed E-state index contributed by atoms with van der Waals surface area (Å²) < 4.78 is 22.0. The Balaban J connectivity index is 1.56. The zero-order valence-corrected chi connectivity index (χ0v) is 22.5. The van der Waals surface area contributed by atoms with Crippen LogP contribution in [0.5, 0.6) is 5.75 Å². The third kappa shape index (κ3) is 6.50. The average Bonchev–Trinajstić information content (AvgIpc) is 2.95. The van der Waals surface area contributed by atoms with Crippen LogP contribution in [0.15, 0.2) is 71.1 Å². The van der Waals surface area contributed by atoms with Gasteiger partial charge in [0.1, 0.15) is 11.9 Å². The number of para-hydroxylation sites is 1. The molecule has 40 heavy (non-hydrogen) atoms. The summed E-state index contributed by atoms with van der Waals surface area (Å²) >= 11 is 0. The third-order valence-electron chi connectivity index (χ3n) is 6.65. The summed E-state index contributed by atoms with van der Waals surface area (Å²) in [5.41, 5.74) is 2.10. The maximum atomic E-state index is 13.4. The van der Waals surface area contributed by atoms with Gasteiger partial charge in [-0.25, -0.2) is 9.59 Å². The molecule has 10 nitrogen and oxygen atoms in total. The van der Waals surface area contributed by atoms with Crippen LogP contribution in [0.2, 0.25) is 0 Å². The van der Waals surface area contributed by atoms with Gasteiger partial charge in [-0.2, -0.15) is 0 Å². The predicted molar refractivity (Wildman–Crippen MR) is 145 cm³/mol. The number of carbonyl (C=O) groups excluding carboxylic acids is 2. The van der Waals surface area contributed by atoms with E-state index in [9.17, 15) is 19.7 Å². The molecule has 2 heterocycles. The van der Waals surface area contributed by atoms with Gasteiger partial charge in [0.2, 0.25) is 0 Å². The van der Waals surface area contributed by atoms with E-state index in [1.165, 1.54) is 25.3 Å². The van der Waals surface area contributed by atoms with Gasteiger partial charge in [-0.1, -0.05) is 36.1 Å². The summed E-state index contributed by atoms with van der Waals surface area (Å²) in [5.74, 6) is 4.20. The number of allylic oxidation sites excluding steroid dienone is 2. The first kappa shape index (κ1) is 28.4. The number of nitro benzene ring substituents is 1. The summed E-state index contributed by atoms with van der Waals surface area (Å²) in [5, 5.41) is 14.5. The number of rotatable bonds is 7. The molecule has 1 N–H and O–H groups in total. The van der Waals surface area contributed by atoms with Crippen LogP contribution in [-0.4, -0.2) is 49.9 Å². The normalized spacial score (nSPS) is 17.3. The molecule has 0 spiro atoms. The molecule has 0 aromatic heterocycles. The first-order chi connectivity index (χ1) is 19.3. The molecule has 0 saturated carbocycles. The number of hydrogen-bond donors (Lipinski definition) is 1. The van der Waals surface area contributed by atoms with Crippen LogP contribution in [0, 0.1) is 22.0 Å². The molecule has 208 valence electrons. The van der Waals surface area contributed by atoms with Crippen molar-refractivity contribution < 1.29 is 33.5 Å². The molecule has 1 saturated heterocycles. The highest BCUT2D eigenvalue weighted by Crippen LogP contribution is 2.40. The van der Waals surface area contributed by atoms with E-state index in [-0.39, 0.29) is 29.5 Å². The molecule has 1 fully saturated rings. The van der Waals surface area contributed by atoms with E-state index < -0.39 is 22.8 Å². The number of methoxy groups -OCH3 is 1. The lowest BCUT2D eigenvalue weighted by molar-refractivity contribution is -0.384. The number of ether oxygens (including phenoxy) is 4. The number of nitro groups is 1. The number of hydrogen-bond acceptors (Lipinski definition) is 9. The molecular formula is C30H30N2O8. The van der Waals surface area contributed by atoms with Crippen molar-refractivity contribution in [3.8, 4) is 17.6 Å². The Morgan fingerprint density at radius 2 is 1.75 bits per heavy atom. The molecule has 1 atom stereocenters. The second-order valence-corrected chi connectivity index (χ2v) is 9.28. The highest BCUT2D eigenvalue weighted by atomic mass is 16.6. The van der Waals surface area contributed by atoms with Gasteiger partial charge in [-0.05, 0) is 31.5 Å². The minimum atomic E-state index is -0.942. The van der Waals surface area contributed by atoms with Crippen LogP contribution < -0.4 is 10.1 Å². The minimum absolute atomic E-state index is 0.0505. The molecule has 2 aliphatic heterocycles. The Bertz CT molecular complexity index is 1430. The zero-order valence-electron chi connectivity index (χ0n) is 22.5. The van der Waals surface area contributed by atoms with Crippen molar-refractivity contribution in [3.63, 3.8) is 0 Å². The lowest BCUT2D eigenvalue weighted by atomic mass is 9.80. The van der Waals surface area contributed by atoms with Gasteiger partial charge >= 0.3 is 11.9 Å². The standard InChI is InChI=1S/C30H30N2O8/c1-19-26(29(33)37-3)28(22-9-6-11-23(18-22)32(35)36)27(20(2)31-19)30(34)39-15-7-10-21-8-4-5-12-25(21)40-24-13-16-38-17-14-24/h4-6,8-9,11-12,18,24,28,31H,13-17H2,1-3H3. The number of dihydropyridines is 1. The summed E-state index contributed by atoms with van der Waals surface area (Å²) in [6.45, 7) is 4.44. The maximum Gasteiger partial charge on any atom is 0.337 e. The van der Waals surface area contributed by atoms with Gasteiger partial charge < -0.3 is 24.3 Å². The van der Waals surface area contributed by atoms with E-state index in [0.29, 0.717) is 41.5 Å². The lowest BCUT2D eigenvalue weighted by Gasteiger charge is -2.30. The highest BCUT2D eigenvalue weighted by molar-refractivity contribution is 6.00. The van der Waals surface area contributed by atoms with Crippen LogP contribution in [-0.2, 0) is 23.8 Å². The number of nitrogens with zero attached hydrogens (tertiary/aromatic N) is 1. The molecule has 0 radical (unpaired) electrons. The first-order valence-electron chi connectivity index (χ1n) is 12.8. The van der Waals surface area contributed by atoms with Crippen molar-refractivity contribution in [1.82, 2.24) is 5.32 Å². The monoisotopic (exact) mass is 546 g/mol. The van der Waals surface area contributed by atoms with Crippen LogP contribution >= 0.6 is 0 Å². The van der Waals surface area contributed by atoms with E-state index in [1.807, 2.05) is 24.3 Å². The van der Waals surface area contributed by atoms with E-state index in [4.69, 9.17) is 18.9 Å². The van der Waals surface area contributed by atoms with Crippen LogP contribution in [0.25, 0.3) is 0 Å². The van der Waals surface area contributed by atoms with E-state index in [0.717, 1.165) is 12.8 Å². The van der Waals surface area contributed by atoms with E-state index in [1.54, 1.807) is 19.9 Å². The lowest BCUT2D eigenvalue weighted by Crippen LogP contribution is -2.32. The second kappa shape index (κ2) is 13.0. The van der Waals surface area contributed by atoms with Crippen molar-refractivity contribution in [2.75, 3.05) is 26.9 Å². The Kier molecular flexibility index (Phi) is 9.19. The molecule has 0 bridgehead atoms. The summed E-state index contributed by atoms with van der Waals surface area (Å²) in [7, 11) is 1.23. The molecule has 10 heteroatoms. The van der Waals surface area contributed by atoms with Gasteiger partial charge in [0, 0.05) is 36.4 Å². The number of non-ortho nitro benzene ring substituents is 1. The molecule has 0 aliphatic carbocycles. The fraction of sp³-hybridized carbons (Fsp3) is 0.333. The summed E-state index contributed by atoms with van der Waals surface area (Å²) in [4.78, 5) is 37.1. The Morgan fingerprint density at radius 3 is 2.45 bits per heavy atom. The predicted octanol–water partition coefficient (Wildman–Crippen LogP) is 4.16. The topological polar surface area (TPSA) is 126 Å². The minimum Gasteiger partial charge on any atom is -0.489 e. The Morgan fingerprint density at radius 1 is 1.05 bits per heavy atom. The summed E-state index contributed by atoms with van der Waals surface area (Å²) in [6, 6.07) is 13.2. The molecule has 2 aromatic carbocycles. The Hall–Kier alpha value is -4.62. The molecule has 4 rings (SSSR count). The van der Waals surface area contributed by atoms with Gasteiger partial charge in [0.05, 0.1) is 47.9 Å². The van der Waals surface area contributed by atoms with Gasteiger partial charge in [-0.3, -0.25) is 10.1 Å². The van der Waals surface area contributed by atoms with Crippen LogP contribution in [0.1, 0.15) is 43.7 Å². The van der Waals surface area contributed by atoms with Crippen LogP contribution in [0.4, 0.5) is 5.69 Å². The quantitative estimate of drug-likeness (QED) is 0.236. The number of nitrogens with one attached hydrogen (secondary N) is 1. The van der Waals surface area contributed by atoms with Crippen molar-refractivity contribution in [2.24, 2.45) is 0 Å². The Labute approximate surface area is 232 Å². The fourth-order valence-corrected chi connectivity index (χ4v) is 4.75. The zero-order chi connectivity index (χ0) is 28.6. The SMILES string of the molecule is COC(=O)C1=C(C)NC(C)=C(C(=O)OCC#Cc2ccccc2OC2CCOCC2)C1c1cccc([N+](=O)[O-])c1. The molecule has 2 aromatic rings. The van der Waals surface area contributed by atoms with E-state index >= 15 is 0 Å². The number of esters is 2.